The van der Waals surface area contributed by atoms with Crippen molar-refractivity contribution in [1.82, 2.24) is 0 Å². The molecule has 0 aliphatic heterocycles. The number of halogens is 2. The van der Waals surface area contributed by atoms with Gasteiger partial charge < -0.3 is 5.32 Å². The summed E-state index contributed by atoms with van der Waals surface area (Å²) < 4.78 is 0. The second kappa shape index (κ2) is 6.78. The number of anilines is 1. The molecule has 2 aromatic carbocycles. The first-order valence-corrected chi connectivity index (χ1v) is 7.17. The van der Waals surface area contributed by atoms with Crippen LogP contribution >= 0.6 is 23.2 Å². The Balaban J connectivity index is 2.05. The van der Waals surface area contributed by atoms with Gasteiger partial charge in [0.1, 0.15) is 0 Å². The lowest BCUT2D eigenvalue weighted by Gasteiger charge is -2.08. The summed E-state index contributed by atoms with van der Waals surface area (Å²) >= 11 is 12.1. The summed E-state index contributed by atoms with van der Waals surface area (Å²) in [6.07, 6.45) is 1.14. The molecule has 4 heteroatoms. The van der Waals surface area contributed by atoms with Gasteiger partial charge in [0.25, 0.3) is 0 Å². The number of hydrogen-bond donors (Lipinski definition) is 1. The molecule has 2 rings (SSSR count). The SMILES string of the molecule is CCc1ccc(NC(=O)Cc2c(Cl)cccc2Cl)cc1. The Morgan fingerprint density at radius 1 is 1.05 bits per heavy atom. The first kappa shape index (κ1) is 14.9. The second-order valence-electron chi connectivity index (χ2n) is 4.48. The van der Waals surface area contributed by atoms with E-state index in [4.69, 9.17) is 23.2 Å². The maximum atomic E-state index is 12.0. The van der Waals surface area contributed by atoms with Gasteiger partial charge in [-0.15, -0.1) is 0 Å². The number of benzene rings is 2. The van der Waals surface area contributed by atoms with Crippen molar-refractivity contribution in [3.05, 3.63) is 63.6 Å². The maximum absolute atomic E-state index is 12.0. The molecule has 0 bridgehead atoms. The van der Waals surface area contributed by atoms with Crippen molar-refractivity contribution in [2.24, 2.45) is 0 Å². The van der Waals surface area contributed by atoms with Crippen molar-refractivity contribution in [3.8, 4) is 0 Å². The number of amides is 1. The monoisotopic (exact) mass is 307 g/mol. The van der Waals surface area contributed by atoms with Crippen LogP contribution in [0.4, 0.5) is 5.69 Å². The molecule has 0 aromatic heterocycles. The van der Waals surface area contributed by atoms with Gasteiger partial charge in [0.15, 0.2) is 0 Å². The molecule has 0 aliphatic rings. The fraction of sp³-hybridized carbons (Fsp3) is 0.188. The van der Waals surface area contributed by atoms with Crippen LogP contribution in [-0.2, 0) is 17.6 Å². The highest BCUT2D eigenvalue weighted by molar-refractivity contribution is 6.36. The summed E-state index contributed by atoms with van der Waals surface area (Å²) in [5.41, 5.74) is 2.66. The zero-order chi connectivity index (χ0) is 14.5. The van der Waals surface area contributed by atoms with Gasteiger partial charge in [0.05, 0.1) is 6.42 Å². The molecule has 0 unspecified atom stereocenters. The van der Waals surface area contributed by atoms with E-state index in [9.17, 15) is 4.79 Å². The smallest absolute Gasteiger partial charge is 0.228 e. The molecule has 2 aromatic rings. The minimum atomic E-state index is -0.135. The van der Waals surface area contributed by atoms with Crippen LogP contribution in [0.2, 0.25) is 10.0 Å². The summed E-state index contributed by atoms with van der Waals surface area (Å²) in [7, 11) is 0. The van der Waals surface area contributed by atoms with Crippen molar-refractivity contribution in [3.63, 3.8) is 0 Å². The van der Waals surface area contributed by atoms with Gasteiger partial charge in [0.2, 0.25) is 5.91 Å². The molecule has 0 fully saturated rings. The van der Waals surface area contributed by atoms with Crippen molar-refractivity contribution < 1.29 is 4.79 Å². The van der Waals surface area contributed by atoms with E-state index in [2.05, 4.69) is 12.2 Å². The molecule has 0 aliphatic carbocycles. The number of nitrogens with one attached hydrogen (secondary N) is 1. The van der Waals surface area contributed by atoms with Crippen LogP contribution in [-0.4, -0.2) is 5.91 Å². The van der Waals surface area contributed by atoms with E-state index in [0.29, 0.717) is 15.6 Å². The predicted octanol–water partition coefficient (Wildman–Crippen LogP) is 4.74. The summed E-state index contributed by atoms with van der Waals surface area (Å²) in [5, 5.41) is 3.86. The van der Waals surface area contributed by atoms with Crippen LogP contribution in [0.1, 0.15) is 18.1 Å². The highest BCUT2D eigenvalue weighted by Crippen LogP contribution is 2.25. The van der Waals surface area contributed by atoms with Crippen molar-refractivity contribution >= 4 is 34.8 Å². The van der Waals surface area contributed by atoms with Crippen molar-refractivity contribution in [2.45, 2.75) is 19.8 Å². The van der Waals surface area contributed by atoms with E-state index < -0.39 is 0 Å². The van der Waals surface area contributed by atoms with E-state index in [1.165, 1.54) is 5.56 Å². The largest absolute Gasteiger partial charge is 0.326 e. The van der Waals surface area contributed by atoms with Crippen LogP contribution in [0.5, 0.6) is 0 Å². The topological polar surface area (TPSA) is 29.1 Å². The van der Waals surface area contributed by atoms with Crippen LogP contribution in [0, 0.1) is 0 Å². The second-order valence-corrected chi connectivity index (χ2v) is 5.29. The van der Waals surface area contributed by atoms with Crippen LogP contribution < -0.4 is 5.32 Å². The summed E-state index contributed by atoms with van der Waals surface area (Å²) in [6, 6.07) is 13.0. The summed E-state index contributed by atoms with van der Waals surface area (Å²) in [5.74, 6) is -0.135. The van der Waals surface area contributed by atoms with E-state index in [1.54, 1.807) is 18.2 Å². The lowest BCUT2D eigenvalue weighted by atomic mass is 10.1. The van der Waals surface area contributed by atoms with E-state index in [1.807, 2.05) is 24.3 Å². The van der Waals surface area contributed by atoms with Crippen LogP contribution in [0.25, 0.3) is 0 Å². The Hall–Kier alpha value is -1.51. The molecule has 1 N–H and O–H groups in total. The highest BCUT2D eigenvalue weighted by atomic mass is 35.5. The van der Waals surface area contributed by atoms with Crippen LogP contribution in [0.3, 0.4) is 0 Å². The molecular weight excluding hydrogens is 293 g/mol. The molecule has 104 valence electrons. The van der Waals surface area contributed by atoms with Gasteiger partial charge in [-0.2, -0.15) is 0 Å². The lowest BCUT2D eigenvalue weighted by molar-refractivity contribution is -0.115. The maximum Gasteiger partial charge on any atom is 0.228 e. The average molecular weight is 308 g/mol. The number of hydrogen-bond acceptors (Lipinski definition) is 1. The standard InChI is InChI=1S/C16H15Cl2NO/c1-2-11-6-8-12(9-7-11)19-16(20)10-13-14(17)4-3-5-15(13)18/h3-9H,2,10H2,1H3,(H,19,20). The Bertz CT molecular complexity index is 588. The molecule has 0 radical (unpaired) electrons. The molecule has 20 heavy (non-hydrogen) atoms. The molecule has 0 saturated carbocycles. The first-order valence-electron chi connectivity index (χ1n) is 6.42. The van der Waals surface area contributed by atoms with Gasteiger partial charge in [-0.3, -0.25) is 4.79 Å². The molecule has 0 spiro atoms. The number of aryl methyl sites for hydroxylation is 1. The molecule has 0 saturated heterocycles. The predicted molar refractivity (Wildman–Crippen MR) is 84.6 cm³/mol. The Morgan fingerprint density at radius 2 is 1.65 bits per heavy atom. The Morgan fingerprint density at radius 3 is 2.20 bits per heavy atom. The molecular formula is C16H15Cl2NO. The van der Waals surface area contributed by atoms with E-state index in [-0.39, 0.29) is 12.3 Å². The van der Waals surface area contributed by atoms with Gasteiger partial charge in [-0.05, 0) is 41.8 Å². The van der Waals surface area contributed by atoms with Crippen molar-refractivity contribution in [1.29, 1.82) is 0 Å². The van der Waals surface area contributed by atoms with Crippen molar-refractivity contribution in [2.75, 3.05) is 5.32 Å². The normalized spacial score (nSPS) is 10.3. The Labute approximate surface area is 128 Å². The Kier molecular flexibility index (Phi) is 5.05. The molecule has 1 amide bonds. The molecule has 2 nitrogen and oxygen atoms in total. The fourth-order valence-electron chi connectivity index (χ4n) is 1.89. The average Bonchev–Trinajstić information content (AvgIpc) is 2.44. The summed E-state index contributed by atoms with van der Waals surface area (Å²) in [4.78, 5) is 12.0. The molecule has 0 atom stereocenters. The highest BCUT2D eigenvalue weighted by Gasteiger charge is 2.10. The van der Waals surface area contributed by atoms with Gasteiger partial charge in [-0.1, -0.05) is 48.3 Å². The fourth-order valence-corrected chi connectivity index (χ4v) is 2.42. The van der Waals surface area contributed by atoms with Gasteiger partial charge >= 0.3 is 0 Å². The third-order valence-corrected chi connectivity index (χ3v) is 3.75. The minimum Gasteiger partial charge on any atom is -0.326 e. The number of rotatable bonds is 4. The van der Waals surface area contributed by atoms with E-state index in [0.717, 1.165) is 12.1 Å². The van der Waals surface area contributed by atoms with Gasteiger partial charge in [0, 0.05) is 15.7 Å². The summed E-state index contributed by atoms with van der Waals surface area (Å²) in [6.45, 7) is 2.09. The zero-order valence-corrected chi connectivity index (χ0v) is 12.6. The quantitative estimate of drug-likeness (QED) is 0.868. The number of carbonyl (C=O) groups is 1. The van der Waals surface area contributed by atoms with Crippen LogP contribution in [0.15, 0.2) is 42.5 Å². The third kappa shape index (κ3) is 3.75. The van der Waals surface area contributed by atoms with E-state index >= 15 is 0 Å². The lowest BCUT2D eigenvalue weighted by Crippen LogP contribution is -2.14. The molecule has 0 heterocycles. The van der Waals surface area contributed by atoms with Gasteiger partial charge in [-0.25, -0.2) is 0 Å². The first-order chi connectivity index (χ1) is 9.60. The zero-order valence-electron chi connectivity index (χ0n) is 11.1. The number of carbonyl (C=O) groups excluding carboxylic acids is 1. The minimum absolute atomic E-state index is 0.135. The third-order valence-electron chi connectivity index (χ3n) is 3.04.